The first-order chi connectivity index (χ1) is 6.24. The molecule has 0 amide bonds. The lowest BCUT2D eigenvalue weighted by Gasteiger charge is -2.04. The quantitative estimate of drug-likeness (QED) is 0.385. The Morgan fingerprint density at radius 1 is 1.38 bits per heavy atom. The van der Waals surface area contributed by atoms with Crippen LogP contribution in [0, 0.1) is 13.8 Å². The van der Waals surface area contributed by atoms with Gasteiger partial charge >= 0.3 is 0 Å². The molecule has 0 unspecified atom stereocenters. The summed E-state index contributed by atoms with van der Waals surface area (Å²) >= 11 is 0. The number of benzene rings is 1. The lowest BCUT2D eigenvalue weighted by Crippen LogP contribution is -1.92. The second-order valence-electron chi connectivity index (χ2n) is 3.13. The van der Waals surface area contributed by atoms with Crippen molar-refractivity contribution >= 4 is 0 Å². The predicted octanol–water partition coefficient (Wildman–Crippen LogP) is 3.16. The van der Waals surface area contributed by atoms with Crippen LogP contribution in [0.3, 0.4) is 0 Å². The summed E-state index contributed by atoms with van der Waals surface area (Å²) in [5, 5.41) is 3.52. The van der Waals surface area contributed by atoms with Crippen molar-refractivity contribution in [2.75, 3.05) is 6.54 Å². The summed E-state index contributed by atoms with van der Waals surface area (Å²) in [5.41, 5.74) is 11.9. The summed E-state index contributed by atoms with van der Waals surface area (Å²) in [6.45, 7) is 4.68. The Kier molecular flexibility index (Phi) is 3.35. The molecule has 3 heteroatoms. The van der Waals surface area contributed by atoms with Crippen LogP contribution in [0.2, 0.25) is 0 Å². The van der Waals surface area contributed by atoms with Gasteiger partial charge in [-0.2, -0.15) is 0 Å². The van der Waals surface area contributed by atoms with Gasteiger partial charge in [-0.05, 0) is 36.9 Å². The molecule has 0 heterocycles. The maximum atomic E-state index is 8.13. The highest BCUT2D eigenvalue weighted by atomic mass is 15.1. The number of hydrogen-bond acceptors (Lipinski definition) is 1. The Bertz CT molecular complexity index is 338. The molecule has 13 heavy (non-hydrogen) atoms. The molecular weight excluding hydrogens is 162 g/mol. The minimum atomic E-state index is 0.542. The molecular formula is C10H13N3. The van der Waals surface area contributed by atoms with Gasteiger partial charge in [-0.1, -0.05) is 28.9 Å². The van der Waals surface area contributed by atoms with Crippen molar-refractivity contribution in [2.45, 2.75) is 20.3 Å². The van der Waals surface area contributed by atoms with Gasteiger partial charge in [0.15, 0.2) is 0 Å². The predicted molar refractivity (Wildman–Crippen MR) is 53.6 cm³/mol. The van der Waals surface area contributed by atoms with E-state index in [-0.39, 0.29) is 0 Å². The van der Waals surface area contributed by atoms with E-state index in [0.717, 1.165) is 6.42 Å². The van der Waals surface area contributed by atoms with Crippen molar-refractivity contribution in [3.05, 3.63) is 45.3 Å². The van der Waals surface area contributed by atoms with Crippen LogP contribution in [0.1, 0.15) is 16.7 Å². The minimum Gasteiger partial charge on any atom is -0.0936 e. The van der Waals surface area contributed by atoms with Crippen LogP contribution in [-0.2, 0) is 6.42 Å². The molecule has 68 valence electrons. The fourth-order valence-corrected chi connectivity index (χ4v) is 1.28. The van der Waals surface area contributed by atoms with E-state index in [1.165, 1.54) is 16.7 Å². The maximum Gasteiger partial charge on any atom is 0.0298 e. The van der Waals surface area contributed by atoms with Crippen molar-refractivity contribution in [2.24, 2.45) is 5.11 Å². The molecule has 0 atom stereocenters. The van der Waals surface area contributed by atoms with Crippen molar-refractivity contribution in [3.8, 4) is 0 Å². The highest BCUT2D eigenvalue weighted by molar-refractivity contribution is 5.30. The summed E-state index contributed by atoms with van der Waals surface area (Å²) in [6, 6.07) is 6.33. The third kappa shape index (κ3) is 2.80. The lowest BCUT2D eigenvalue weighted by molar-refractivity contribution is 0.944. The molecule has 0 aliphatic heterocycles. The molecule has 0 aliphatic carbocycles. The third-order valence-electron chi connectivity index (χ3n) is 2.05. The Morgan fingerprint density at radius 3 is 2.85 bits per heavy atom. The Labute approximate surface area is 78.0 Å². The molecule has 0 aliphatic rings. The van der Waals surface area contributed by atoms with Crippen molar-refractivity contribution in [3.63, 3.8) is 0 Å². The Morgan fingerprint density at radius 2 is 2.15 bits per heavy atom. The van der Waals surface area contributed by atoms with Gasteiger partial charge in [-0.15, -0.1) is 0 Å². The van der Waals surface area contributed by atoms with Crippen molar-refractivity contribution in [1.82, 2.24) is 0 Å². The Hall–Kier alpha value is -1.47. The van der Waals surface area contributed by atoms with Crippen LogP contribution in [0.15, 0.2) is 23.3 Å². The van der Waals surface area contributed by atoms with E-state index in [1.54, 1.807) is 0 Å². The fraction of sp³-hybridized carbons (Fsp3) is 0.400. The highest BCUT2D eigenvalue weighted by Gasteiger charge is 1.96. The molecule has 0 aromatic heterocycles. The van der Waals surface area contributed by atoms with Crippen LogP contribution in [0.25, 0.3) is 10.4 Å². The summed E-state index contributed by atoms with van der Waals surface area (Å²) in [7, 11) is 0. The fourth-order valence-electron chi connectivity index (χ4n) is 1.28. The highest BCUT2D eigenvalue weighted by Crippen LogP contribution is 2.11. The molecule has 0 bridgehead atoms. The number of aryl methyl sites for hydroxylation is 2. The normalized spacial score (nSPS) is 9.38. The average molecular weight is 175 g/mol. The van der Waals surface area contributed by atoms with Gasteiger partial charge in [-0.3, -0.25) is 0 Å². The number of hydrogen-bond donors (Lipinski definition) is 0. The van der Waals surface area contributed by atoms with Gasteiger partial charge in [-0.25, -0.2) is 0 Å². The van der Waals surface area contributed by atoms with Crippen molar-refractivity contribution in [1.29, 1.82) is 0 Å². The zero-order chi connectivity index (χ0) is 9.68. The topological polar surface area (TPSA) is 48.8 Å². The molecule has 1 aromatic carbocycles. The van der Waals surface area contributed by atoms with E-state index in [4.69, 9.17) is 5.53 Å². The van der Waals surface area contributed by atoms with Gasteiger partial charge < -0.3 is 0 Å². The molecule has 1 aromatic rings. The average Bonchev–Trinajstić information content (AvgIpc) is 2.11. The molecule has 1 rings (SSSR count). The van der Waals surface area contributed by atoms with Crippen LogP contribution in [0.4, 0.5) is 0 Å². The van der Waals surface area contributed by atoms with Gasteiger partial charge in [0.2, 0.25) is 0 Å². The molecule has 0 N–H and O–H groups in total. The molecule has 0 fully saturated rings. The lowest BCUT2D eigenvalue weighted by atomic mass is 10.0. The minimum absolute atomic E-state index is 0.542. The molecule has 0 radical (unpaired) electrons. The second-order valence-corrected chi connectivity index (χ2v) is 3.13. The zero-order valence-corrected chi connectivity index (χ0v) is 7.99. The molecule has 0 spiro atoms. The van der Waals surface area contributed by atoms with Gasteiger partial charge in [0.25, 0.3) is 0 Å². The van der Waals surface area contributed by atoms with Gasteiger partial charge in [0.05, 0.1) is 0 Å². The Balaban J connectivity index is 2.75. The number of azide groups is 1. The first-order valence-electron chi connectivity index (χ1n) is 4.31. The summed E-state index contributed by atoms with van der Waals surface area (Å²) in [6.07, 6.45) is 0.831. The van der Waals surface area contributed by atoms with E-state index in [1.807, 2.05) is 0 Å². The van der Waals surface area contributed by atoms with Crippen LogP contribution in [0.5, 0.6) is 0 Å². The third-order valence-corrected chi connectivity index (χ3v) is 2.05. The van der Waals surface area contributed by atoms with E-state index in [0.29, 0.717) is 6.54 Å². The van der Waals surface area contributed by atoms with Gasteiger partial charge in [0.1, 0.15) is 0 Å². The summed E-state index contributed by atoms with van der Waals surface area (Å²) < 4.78 is 0. The van der Waals surface area contributed by atoms with E-state index < -0.39 is 0 Å². The van der Waals surface area contributed by atoms with E-state index >= 15 is 0 Å². The summed E-state index contributed by atoms with van der Waals surface area (Å²) in [4.78, 5) is 2.73. The first kappa shape index (κ1) is 9.62. The van der Waals surface area contributed by atoms with Crippen LogP contribution in [-0.4, -0.2) is 6.54 Å². The molecule has 0 saturated carbocycles. The van der Waals surface area contributed by atoms with Crippen LogP contribution >= 0.6 is 0 Å². The summed E-state index contributed by atoms with van der Waals surface area (Å²) in [5.74, 6) is 0. The molecule has 0 saturated heterocycles. The van der Waals surface area contributed by atoms with E-state index in [9.17, 15) is 0 Å². The number of nitrogens with zero attached hydrogens (tertiary/aromatic N) is 3. The van der Waals surface area contributed by atoms with Crippen LogP contribution < -0.4 is 0 Å². The second kappa shape index (κ2) is 4.53. The SMILES string of the molecule is Cc1ccc(C)c(CCN=[N+]=[N-])c1. The molecule has 3 nitrogen and oxygen atoms in total. The van der Waals surface area contributed by atoms with Gasteiger partial charge in [0, 0.05) is 11.5 Å². The smallest absolute Gasteiger partial charge is 0.0298 e. The van der Waals surface area contributed by atoms with E-state index in [2.05, 4.69) is 42.1 Å². The monoisotopic (exact) mass is 175 g/mol. The standard InChI is InChI=1S/C10H13N3/c1-8-3-4-9(2)10(7-8)5-6-12-13-11/h3-4,7H,5-6H2,1-2H3. The number of rotatable bonds is 3. The zero-order valence-electron chi connectivity index (χ0n) is 7.99. The first-order valence-corrected chi connectivity index (χ1v) is 4.31. The largest absolute Gasteiger partial charge is 0.0936 e. The maximum absolute atomic E-state index is 8.13. The van der Waals surface area contributed by atoms with Crippen molar-refractivity contribution < 1.29 is 0 Å².